The molecule has 0 unspecified atom stereocenters. The summed E-state index contributed by atoms with van der Waals surface area (Å²) in [7, 11) is 0. The number of benzene rings is 2. The maximum Gasteiger partial charge on any atom is 0.277 e. The molecule has 7 heteroatoms. The van der Waals surface area contributed by atoms with Crippen LogP contribution in [0, 0.1) is 6.92 Å². The molecule has 0 aliphatic rings. The van der Waals surface area contributed by atoms with Gasteiger partial charge < -0.3 is 9.15 Å². The van der Waals surface area contributed by atoms with Crippen molar-refractivity contribution >= 4 is 44.8 Å². The summed E-state index contributed by atoms with van der Waals surface area (Å²) < 4.78 is 12.5. The van der Waals surface area contributed by atoms with E-state index >= 15 is 0 Å². The van der Waals surface area contributed by atoms with Crippen molar-refractivity contribution in [3.8, 4) is 5.75 Å². The first-order chi connectivity index (χ1) is 12.7. The van der Waals surface area contributed by atoms with Crippen molar-refractivity contribution in [1.29, 1.82) is 0 Å². The summed E-state index contributed by atoms with van der Waals surface area (Å²) in [6.07, 6.45) is 0. The highest BCUT2D eigenvalue weighted by Gasteiger charge is 2.13. The highest BCUT2D eigenvalue weighted by Crippen LogP contribution is 2.38. The van der Waals surface area contributed by atoms with Gasteiger partial charge in [-0.1, -0.05) is 53.7 Å². The molecule has 0 atom stereocenters. The average molecular weight is 403 g/mol. The second kappa shape index (κ2) is 7.70. The first-order valence-corrected chi connectivity index (χ1v) is 10.2. The van der Waals surface area contributed by atoms with Crippen LogP contribution in [-0.4, -0.2) is 10.2 Å². The second-order valence-electron chi connectivity index (χ2n) is 5.69. The summed E-state index contributed by atoms with van der Waals surface area (Å²) in [4.78, 5) is 1.11. The lowest BCUT2D eigenvalue weighted by Crippen LogP contribution is -1.95. The van der Waals surface area contributed by atoms with Gasteiger partial charge in [-0.15, -0.1) is 21.5 Å². The van der Waals surface area contributed by atoms with Crippen LogP contribution < -0.4 is 4.74 Å². The molecule has 4 aromatic rings. The van der Waals surface area contributed by atoms with Gasteiger partial charge in [-0.25, -0.2) is 0 Å². The minimum Gasteiger partial charge on any atom is -0.484 e. The van der Waals surface area contributed by atoms with Gasteiger partial charge in [-0.3, -0.25) is 0 Å². The van der Waals surface area contributed by atoms with E-state index in [-0.39, 0.29) is 6.61 Å². The van der Waals surface area contributed by atoms with Crippen molar-refractivity contribution in [3.05, 3.63) is 69.9 Å². The fourth-order valence-electron chi connectivity index (χ4n) is 2.49. The summed E-state index contributed by atoms with van der Waals surface area (Å²) in [5.41, 5.74) is 1.14. The lowest BCUT2D eigenvalue weighted by atomic mass is 10.2. The smallest absolute Gasteiger partial charge is 0.277 e. The molecule has 2 heterocycles. The average Bonchev–Trinajstić information content (AvgIpc) is 3.23. The molecule has 0 aliphatic carbocycles. The molecule has 0 fully saturated rings. The van der Waals surface area contributed by atoms with E-state index in [9.17, 15) is 0 Å². The molecule has 2 aromatic heterocycles. The van der Waals surface area contributed by atoms with Crippen molar-refractivity contribution < 1.29 is 9.15 Å². The number of rotatable bonds is 6. The van der Waals surface area contributed by atoms with Crippen LogP contribution in [0.2, 0.25) is 5.02 Å². The molecule has 0 aliphatic heterocycles. The van der Waals surface area contributed by atoms with Crippen LogP contribution in [0.25, 0.3) is 10.1 Å². The van der Waals surface area contributed by atoms with Crippen LogP contribution in [0.15, 0.2) is 58.2 Å². The first-order valence-electron chi connectivity index (χ1n) is 7.99. The second-order valence-corrected chi connectivity index (χ2v) is 8.13. The van der Waals surface area contributed by atoms with Crippen molar-refractivity contribution in [3.63, 3.8) is 0 Å². The normalized spacial score (nSPS) is 11.2. The Morgan fingerprint density at radius 3 is 2.88 bits per heavy atom. The van der Waals surface area contributed by atoms with Gasteiger partial charge in [-0.05, 0) is 30.7 Å². The topological polar surface area (TPSA) is 48.2 Å². The van der Waals surface area contributed by atoms with E-state index in [4.69, 9.17) is 20.8 Å². The van der Waals surface area contributed by atoms with E-state index in [1.165, 1.54) is 16.5 Å². The molecule has 4 rings (SSSR count). The van der Waals surface area contributed by atoms with E-state index in [2.05, 4.69) is 16.3 Å². The Kier molecular flexibility index (Phi) is 5.15. The van der Waals surface area contributed by atoms with E-state index in [1.807, 2.05) is 49.4 Å². The molecule has 0 saturated heterocycles. The minimum atomic E-state index is 0.251. The standard InChI is InChI=1S/C19H15ClN2O2S2/c1-12-5-4-6-13(9-12)23-10-17-21-22-19(24-17)25-11-16-18(20)14-7-2-3-8-15(14)26-16/h2-9H,10-11H2,1H3. The highest BCUT2D eigenvalue weighted by atomic mass is 35.5. The van der Waals surface area contributed by atoms with Crippen molar-refractivity contribution in [2.75, 3.05) is 0 Å². The molecule has 0 spiro atoms. The third kappa shape index (κ3) is 3.87. The molecule has 0 saturated carbocycles. The Morgan fingerprint density at radius 1 is 1.15 bits per heavy atom. The lowest BCUT2D eigenvalue weighted by molar-refractivity contribution is 0.252. The predicted octanol–water partition coefficient (Wildman–Crippen LogP) is 6.12. The Hall–Kier alpha value is -2.02. The van der Waals surface area contributed by atoms with Gasteiger partial charge in [0.2, 0.25) is 0 Å². The van der Waals surface area contributed by atoms with Crippen LogP contribution in [0.5, 0.6) is 5.75 Å². The zero-order valence-corrected chi connectivity index (χ0v) is 16.3. The maximum absolute atomic E-state index is 6.47. The van der Waals surface area contributed by atoms with Gasteiger partial charge in [0.25, 0.3) is 11.1 Å². The summed E-state index contributed by atoms with van der Waals surface area (Å²) in [6.45, 7) is 2.27. The number of fused-ring (bicyclic) bond motifs is 1. The molecule has 0 amide bonds. The number of hydrogen-bond donors (Lipinski definition) is 0. The van der Waals surface area contributed by atoms with Crippen LogP contribution in [0.3, 0.4) is 0 Å². The fraction of sp³-hybridized carbons (Fsp3) is 0.158. The molecule has 4 nitrogen and oxygen atoms in total. The Bertz CT molecular complexity index is 1040. The molecule has 0 bridgehead atoms. The molecule has 26 heavy (non-hydrogen) atoms. The minimum absolute atomic E-state index is 0.251. The van der Waals surface area contributed by atoms with Crippen LogP contribution in [0.4, 0.5) is 0 Å². The number of thioether (sulfide) groups is 1. The van der Waals surface area contributed by atoms with Gasteiger partial charge in [-0.2, -0.15) is 0 Å². The molecule has 0 N–H and O–H groups in total. The van der Waals surface area contributed by atoms with E-state index in [0.717, 1.165) is 26.6 Å². The van der Waals surface area contributed by atoms with Gasteiger partial charge >= 0.3 is 0 Å². The number of halogens is 1. The zero-order valence-electron chi connectivity index (χ0n) is 13.9. The molecular weight excluding hydrogens is 388 g/mol. The fourth-order valence-corrected chi connectivity index (χ4v) is 4.93. The number of hydrogen-bond acceptors (Lipinski definition) is 6. The maximum atomic E-state index is 6.47. The lowest BCUT2D eigenvalue weighted by Gasteiger charge is -2.03. The molecule has 132 valence electrons. The molecular formula is C19H15ClN2O2S2. The van der Waals surface area contributed by atoms with E-state index in [1.54, 1.807) is 11.3 Å². The number of thiophene rings is 1. The molecule has 2 aromatic carbocycles. The largest absolute Gasteiger partial charge is 0.484 e. The summed E-state index contributed by atoms with van der Waals surface area (Å²) in [6, 6.07) is 16.0. The number of aromatic nitrogens is 2. The Balaban J connectivity index is 1.38. The quantitative estimate of drug-likeness (QED) is 0.364. The van der Waals surface area contributed by atoms with Crippen LogP contribution >= 0.6 is 34.7 Å². The number of ether oxygens (including phenoxy) is 1. The monoisotopic (exact) mass is 402 g/mol. The van der Waals surface area contributed by atoms with Crippen molar-refractivity contribution in [2.45, 2.75) is 24.5 Å². The van der Waals surface area contributed by atoms with Crippen molar-refractivity contribution in [2.24, 2.45) is 0 Å². The van der Waals surface area contributed by atoms with Crippen LogP contribution in [0.1, 0.15) is 16.3 Å². The zero-order chi connectivity index (χ0) is 17.9. The predicted molar refractivity (Wildman–Crippen MR) is 106 cm³/mol. The third-order valence-corrected chi connectivity index (χ3v) is 6.47. The Labute approximate surface area is 164 Å². The van der Waals surface area contributed by atoms with Crippen LogP contribution in [-0.2, 0) is 12.4 Å². The first kappa shape index (κ1) is 17.4. The van der Waals surface area contributed by atoms with Gasteiger partial charge in [0, 0.05) is 20.7 Å². The van der Waals surface area contributed by atoms with Gasteiger partial charge in [0.05, 0.1) is 5.02 Å². The summed E-state index contributed by atoms with van der Waals surface area (Å²) in [5, 5.41) is 10.5. The highest BCUT2D eigenvalue weighted by molar-refractivity contribution is 7.98. The van der Waals surface area contributed by atoms with Gasteiger partial charge in [0.1, 0.15) is 5.75 Å². The van der Waals surface area contributed by atoms with Gasteiger partial charge in [0.15, 0.2) is 6.61 Å². The van der Waals surface area contributed by atoms with E-state index in [0.29, 0.717) is 16.9 Å². The van der Waals surface area contributed by atoms with Crippen molar-refractivity contribution in [1.82, 2.24) is 10.2 Å². The molecule has 0 radical (unpaired) electrons. The Morgan fingerprint density at radius 2 is 2.04 bits per heavy atom. The number of aryl methyl sites for hydroxylation is 1. The number of nitrogens with zero attached hydrogens (tertiary/aromatic N) is 2. The SMILES string of the molecule is Cc1cccc(OCc2nnc(SCc3sc4ccccc4c3Cl)o2)c1. The third-order valence-electron chi connectivity index (χ3n) is 3.73. The summed E-state index contributed by atoms with van der Waals surface area (Å²) >= 11 is 9.64. The summed E-state index contributed by atoms with van der Waals surface area (Å²) in [5.74, 6) is 1.93. The van der Waals surface area contributed by atoms with E-state index < -0.39 is 0 Å².